The molecule has 2 aromatic rings. The smallest absolute Gasteiger partial charge is 0.274 e. The molecule has 0 saturated carbocycles. The minimum Gasteiger partial charge on any atom is -0.383 e. The van der Waals surface area contributed by atoms with Crippen LogP contribution in [0.2, 0.25) is 0 Å². The molecule has 0 aliphatic carbocycles. The van der Waals surface area contributed by atoms with Crippen LogP contribution in [0.5, 0.6) is 0 Å². The Labute approximate surface area is 118 Å². The van der Waals surface area contributed by atoms with E-state index in [9.17, 15) is 19.3 Å². The highest BCUT2D eigenvalue weighted by Gasteiger charge is 2.15. The second-order valence-corrected chi connectivity index (χ2v) is 4.15. The van der Waals surface area contributed by atoms with Gasteiger partial charge in [0.2, 0.25) is 0 Å². The van der Waals surface area contributed by atoms with E-state index in [1.165, 1.54) is 18.2 Å². The third-order valence-electron chi connectivity index (χ3n) is 2.76. The van der Waals surface area contributed by atoms with Crippen LogP contribution in [0.3, 0.4) is 0 Å². The molecule has 0 aliphatic rings. The molecule has 0 radical (unpaired) electrons. The number of rotatable bonds is 4. The van der Waals surface area contributed by atoms with Gasteiger partial charge in [-0.15, -0.1) is 0 Å². The lowest BCUT2D eigenvalue weighted by atomic mass is 10.1. The number of para-hydroxylation sites is 1. The highest BCUT2D eigenvalue weighted by Crippen LogP contribution is 2.17. The van der Waals surface area contributed by atoms with Crippen molar-refractivity contribution in [3.63, 3.8) is 0 Å². The number of aromatic nitrogens is 1. The quantitative estimate of drug-likeness (QED) is 0.656. The molecule has 8 heteroatoms. The van der Waals surface area contributed by atoms with Crippen molar-refractivity contribution in [3.8, 4) is 0 Å². The number of nitro benzene ring substituents is 1. The minimum atomic E-state index is -0.694. The summed E-state index contributed by atoms with van der Waals surface area (Å²) in [5, 5.41) is 13.3. The van der Waals surface area contributed by atoms with Gasteiger partial charge in [-0.25, -0.2) is 9.37 Å². The fourth-order valence-electron chi connectivity index (χ4n) is 1.74. The molecule has 3 N–H and O–H groups in total. The molecular formula is C13H11FN4O3. The van der Waals surface area contributed by atoms with Crippen LogP contribution in [0.15, 0.2) is 36.5 Å². The molecule has 0 spiro atoms. The summed E-state index contributed by atoms with van der Waals surface area (Å²) >= 11 is 0. The van der Waals surface area contributed by atoms with Crippen molar-refractivity contribution in [2.45, 2.75) is 6.54 Å². The number of nitrogens with two attached hydrogens (primary N) is 1. The molecule has 0 saturated heterocycles. The predicted molar refractivity (Wildman–Crippen MR) is 72.9 cm³/mol. The first-order valence-corrected chi connectivity index (χ1v) is 5.90. The maximum absolute atomic E-state index is 13.1. The highest BCUT2D eigenvalue weighted by atomic mass is 19.1. The zero-order chi connectivity index (χ0) is 15.4. The number of carbonyl (C=O) groups excluding carboxylic acids is 1. The number of pyridine rings is 1. The maximum Gasteiger partial charge on any atom is 0.274 e. The number of anilines is 1. The SMILES string of the molecule is Nc1ncc(F)cc1C(=O)NCc1ccccc1[N+](=O)[O-]. The Hall–Kier alpha value is -3.03. The maximum atomic E-state index is 13.1. The highest BCUT2D eigenvalue weighted by molar-refractivity contribution is 5.98. The van der Waals surface area contributed by atoms with Crippen LogP contribution in [0.1, 0.15) is 15.9 Å². The summed E-state index contributed by atoms with van der Waals surface area (Å²) in [7, 11) is 0. The molecule has 0 unspecified atom stereocenters. The van der Waals surface area contributed by atoms with Crippen LogP contribution in [0.25, 0.3) is 0 Å². The topological polar surface area (TPSA) is 111 Å². The molecule has 2 rings (SSSR count). The van der Waals surface area contributed by atoms with Gasteiger partial charge in [-0.2, -0.15) is 0 Å². The van der Waals surface area contributed by atoms with E-state index in [1.807, 2.05) is 0 Å². The number of nitrogen functional groups attached to an aromatic ring is 1. The largest absolute Gasteiger partial charge is 0.383 e. The fourth-order valence-corrected chi connectivity index (χ4v) is 1.74. The molecule has 21 heavy (non-hydrogen) atoms. The molecule has 1 amide bonds. The lowest BCUT2D eigenvalue weighted by molar-refractivity contribution is -0.385. The average molecular weight is 290 g/mol. The average Bonchev–Trinajstić information content (AvgIpc) is 2.47. The molecule has 1 aromatic heterocycles. The summed E-state index contributed by atoms with van der Waals surface area (Å²) in [5.41, 5.74) is 5.60. The Kier molecular flexibility index (Phi) is 4.07. The summed E-state index contributed by atoms with van der Waals surface area (Å²) < 4.78 is 13.1. The molecule has 1 aromatic carbocycles. The first-order chi connectivity index (χ1) is 9.99. The lowest BCUT2D eigenvalue weighted by Gasteiger charge is -2.07. The molecular weight excluding hydrogens is 279 g/mol. The Morgan fingerprint density at radius 1 is 1.43 bits per heavy atom. The van der Waals surface area contributed by atoms with Gasteiger partial charge in [-0.1, -0.05) is 18.2 Å². The van der Waals surface area contributed by atoms with Gasteiger partial charge in [0.15, 0.2) is 0 Å². The van der Waals surface area contributed by atoms with Gasteiger partial charge in [0.1, 0.15) is 11.6 Å². The van der Waals surface area contributed by atoms with Gasteiger partial charge < -0.3 is 11.1 Å². The molecule has 1 heterocycles. The summed E-state index contributed by atoms with van der Waals surface area (Å²) in [6.07, 6.45) is 0.897. The van der Waals surface area contributed by atoms with Gasteiger partial charge in [0.05, 0.1) is 16.7 Å². The van der Waals surface area contributed by atoms with Crippen molar-refractivity contribution in [2.75, 3.05) is 5.73 Å². The number of nitro groups is 1. The van der Waals surface area contributed by atoms with Crippen molar-refractivity contribution in [3.05, 3.63) is 63.6 Å². The Morgan fingerprint density at radius 3 is 2.86 bits per heavy atom. The summed E-state index contributed by atoms with van der Waals surface area (Å²) in [5.74, 6) is -1.46. The van der Waals surface area contributed by atoms with E-state index in [0.717, 1.165) is 12.3 Å². The van der Waals surface area contributed by atoms with Crippen molar-refractivity contribution < 1.29 is 14.1 Å². The van der Waals surface area contributed by atoms with Gasteiger partial charge >= 0.3 is 0 Å². The zero-order valence-corrected chi connectivity index (χ0v) is 10.7. The lowest BCUT2D eigenvalue weighted by Crippen LogP contribution is -2.24. The summed E-state index contributed by atoms with van der Waals surface area (Å²) in [6.45, 7) is -0.0774. The van der Waals surface area contributed by atoms with Crippen LogP contribution in [-0.2, 0) is 6.54 Å². The van der Waals surface area contributed by atoms with Crippen LogP contribution in [0.4, 0.5) is 15.9 Å². The van der Waals surface area contributed by atoms with Crippen molar-refractivity contribution >= 4 is 17.4 Å². The number of amides is 1. The standard InChI is InChI=1S/C13H11FN4O3/c14-9-5-10(12(15)16-7-9)13(19)17-6-8-3-1-2-4-11(8)18(20)21/h1-5,7H,6H2,(H2,15,16)(H,17,19). The van der Waals surface area contributed by atoms with Crippen molar-refractivity contribution in [1.82, 2.24) is 10.3 Å². The molecule has 0 aliphatic heterocycles. The number of nitrogens with zero attached hydrogens (tertiary/aromatic N) is 2. The normalized spacial score (nSPS) is 10.1. The second kappa shape index (κ2) is 5.95. The Morgan fingerprint density at radius 2 is 2.14 bits per heavy atom. The monoisotopic (exact) mass is 290 g/mol. The van der Waals surface area contributed by atoms with E-state index >= 15 is 0 Å². The minimum absolute atomic E-state index is 0.0774. The van der Waals surface area contributed by atoms with Gasteiger partial charge in [0.25, 0.3) is 11.6 Å². The number of hydrogen-bond donors (Lipinski definition) is 2. The number of carbonyl (C=O) groups is 1. The van der Waals surface area contributed by atoms with Crippen LogP contribution < -0.4 is 11.1 Å². The first kappa shape index (κ1) is 14.4. The number of benzene rings is 1. The summed E-state index contributed by atoms with van der Waals surface area (Å²) in [6, 6.07) is 6.95. The number of nitrogens with one attached hydrogen (secondary N) is 1. The van der Waals surface area contributed by atoms with Gasteiger partial charge in [-0.05, 0) is 6.07 Å². The first-order valence-electron chi connectivity index (χ1n) is 5.90. The van der Waals surface area contributed by atoms with Crippen molar-refractivity contribution in [2.24, 2.45) is 0 Å². The van der Waals surface area contributed by atoms with Crippen LogP contribution >= 0.6 is 0 Å². The van der Waals surface area contributed by atoms with E-state index in [1.54, 1.807) is 6.07 Å². The van der Waals surface area contributed by atoms with Gasteiger partial charge in [-0.3, -0.25) is 14.9 Å². The molecule has 0 fully saturated rings. The van der Waals surface area contributed by atoms with E-state index in [0.29, 0.717) is 5.56 Å². The van der Waals surface area contributed by atoms with E-state index in [4.69, 9.17) is 5.73 Å². The van der Waals surface area contributed by atoms with E-state index in [2.05, 4.69) is 10.3 Å². The second-order valence-electron chi connectivity index (χ2n) is 4.15. The number of halogens is 1. The predicted octanol–water partition coefficient (Wildman–Crippen LogP) is 1.64. The van der Waals surface area contributed by atoms with E-state index in [-0.39, 0.29) is 23.6 Å². The molecule has 7 nitrogen and oxygen atoms in total. The Bertz CT molecular complexity index is 706. The molecule has 0 bridgehead atoms. The van der Waals surface area contributed by atoms with E-state index < -0.39 is 16.6 Å². The zero-order valence-electron chi connectivity index (χ0n) is 10.7. The third-order valence-corrected chi connectivity index (χ3v) is 2.76. The van der Waals surface area contributed by atoms with Crippen LogP contribution in [0, 0.1) is 15.9 Å². The molecule has 108 valence electrons. The Balaban J connectivity index is 2.15. The van der Waals surface area contributed by atoms with Crippen LogP contribution in [-0.4, -0.2) is 15.8 Å². The summed E-state index contributed by atoms with van der Waals surface area (Å²) in [4.78, 5) is 25.7. The third kappa shape index (κ3) is 3.30. The van der Waals surface area contributed by atoms with Gasteiger partial charge in [0, 0.05) is 18.2 Å². The number of hydrogen-bond acceptors (Lipinski definition) is 5. The van der Waals surface area contributed by atoms with Crippen molar-refractivity contribution in [1.29, 1.82) is 0 Å². The fraction of sp³-hybridized carbons (Fsp3) is 0.0769. The molecule has 0 atom stereocenters.